The average molecular weight is 347 g/mol. The summed E-state index contributed by atoms with van der Waals surface area (Å²) in [6, 6.07) is 20.0. The maximum atomic E-state index is 9.72. The van der Waals surface area contributed by atoms with Gasteiger partial charge in [0.25, 0.3) is 0 Å². The third-order valence-corrected chi connectivity index (χ3v) is 5.03. The summed E-state index contributed by atoms with van der Waals surface area (Å²) in [6.07, 6.45) is 3.59. The molecule has 25 heavy (non-hydrogen) atoms. The molecule has 0 unspecified atom stereocenters. The van der Waals surface area contributed by atoms with Gasteiger partial charge in [-0.1, -0.05) is 47.7 Å². The van der Waals surface area contributed by atoms with E-state index < -0.39 is 0 Å². The van der Waals surface area contributed by atoms with Crippen molar-refractivity contribution in [3.05, 3.63) is 78.6 Å². The van der Waals surface area contributed by atoms with Crippen molar-refractivity contribution in [2.24, 2.45) is 0 Å². The first-order chi connectivity index (χ1) is 12.3. The van der Waals surface area contributed by atoms with Gasteiger partial charge in [0.1, 0.15) is 0 Å². The van der Waals surface area contributed by atoms with E-state index in [1.165, 1.54) is 0 Å². The fourth-order valence-electron chi connectivity index (χ4n) is 2.78. The number of nitrogens with zero attached hydrogens (tertiary/aromatic N) is 2. The van der Waals surface area contributed by atoms with E-state index in [9.17, 15) is 5.11 Å². The summed E-state index contributed by atoms with van der Waals surface area (Å²) in [5, 5.41) is 13.9. The Balaban J connectivity index is 1.63. The molecule has 2 aromatic heterocycles. The molecule has 0 aliphatic carbocycles. The maximum absolute atomic E-state index is 9.72. The second-order valence-corrected chi connectivity index (χ2v) is 6.76. The second-order valence-electron chi connectivity index (χ2n) is 5.73. The van der Waals surface area contributed by atoms with Gasteiger partial charge in [-0.05, 0) is 41.0 Å². The molecule has 0 saturated heterocycles. The Morgan fingerprint density at radius 1 is 0.960 bits per heavy atom. The van der Waals surface area contributed by atoms with E-state index >= 15 is 0 Å². The van der Waals surface area contributed by atoms with Gasteiger partial charge in [-0.3, -0.25) is 4.98 Å². The van der Waals surface area contributed by atoms with E-state index in [2.05, 4.69) is 27.4 Å². The Bertz CT molecular complexity index is 970. The SMILES string of the molecule is OC[C@@H](Nc1nc2ccc(-c3ccncc3)cc2s1)c1ccccc1. The number of pyridine rings is 1. The average Bonchev–Trinajstić information content (AvgIpc) is 3.09. The smallest absolute Gasteiger partial charge is 0.184 e. The highest BCUT2D eigenvalue weighted by Crippen LogP contribution is 2.32. The minimum atomic E-state index is -0.165. The molecule has 4 nitrogen and oxygen atoms in total. The first kappa shape index (κ1) is 15.7. The molecule has 4 aromatic rings. The van der Waals surface area contributed by atoms with Crippen molar-refractivity contribution in [1.29, 1.82) is 0 Å². The van der Waals surface area contributed by atoms with Crippen LogP contribution in [-0.4, -0.2) is 21.7 Å². The Kier molecular flexibility index (Phi) is 4.41. The molecule has 0 radical (unpaired) electrons. The zero-order chi connectivity index (χ0) is 17.1. The quantitative estimate of drug-likeness (QED) is 0.558. The zero-order valence-electron chi connectivity index (χ0n) is 13.5. The number of aliphatic hydroxyl groups is 1. The lowest BCUT2D eigenvalue weighted by molar-refractivity contribution is 0.276. The molecule has 5 heteroatoms. The van der Waals surface area contributed by atoms with Gasteiger partial charge in [-0.2, -0.15) is 0 Å². The Morgan fingerprint density at radius 3 is 2.52 bits per heavy atom. The molecular weight excluding hydrogens is 330 g/mol. The maximum Gasteiger partial charge on any atom is 0.184 e. The monoisotopic (exact) mass is 347 g/mol. The number of aromatic nitrogens is 2. The largest absolute Gasteiger partial charge is 0.394 e. The molecule has 124 valence electrons. The number of thiazole rings is 1. The fourth-order valence-corrected chi connectivity index (χ4v) is 3.74. The lowest BCUT2D eigenvalue weighted by Crippen LogP contribution is -2.14. The molecule has 2 aromatic carbocycles. The molecule has 0 fully saturated rings. The summed E-state index contributed by atoms with van der Waals surface area (Å²) in [6.45, 7) is 0.0161. The number of fused-ring (bicyclic) bond motifs is 1. The van der Waals surface area contributed by atoms with Crippen molar-refractivity contribution in [3.8, 4) is 11.1 Å². The van der Waals surface area contributed by atoms with Gasteiger partial charge >= 0.3 is 0 Å². The van der Waals surface area contributed by atoms with Gasteiger partial charge in [-0.15, -0.1) is 0 Å². The van der Waals surface area contributed by atoms with Crippen LogP contribution in [0.2, 0.25) is 0 Å². The Morgan fingerprint density at radius 2 is 1.76 bits per heavy atom. The van der Waals surface area contributed by atoms with Crippen LogP contribution in [0.3, 0.4) is 0 Å². The standard InChI is InChI=1S/C20H17N3OS/c24-13-18(15-4-2-1-3-5-15)23-20-22-17-7-6-16(12-19(17)25-20)14-8-10-21-11-9-14/h1-12,18,24H,13H2,(H,22,23)/t18-/m1/s1. The summed E-state index contributed by atoms with van der Waals surface area (Å²) in [5.74, 6) is 0. The lowest BCUT2D eigenvalue weighted by Gasteiger charge is -2.15. The molecule has 4 rings (SSSR count). The van der Waals surface area contributed by atoms with Gasteiger partial charge in [0.15, 0.2) is 5.13 Å². The molecular formula is C20H17N3OS. The van der Waals surface area contributed by atoms with Gasteiger partial charge < -0.3 is 10.4 Å². The minimum Gasteiger partial charge on any atom is -0.394 e. The molecule has 2 N–H and O–H groups in total. The van der Waals surface area contributed by atoms with Crippen LogP contribution in [0.1, 0.15) is 11.6 Å². The summed E-state index contributed by atoms with van der Waals surface area (Å²) in [7, 11) is 0. The first-order valence-corrected chi connectivity index (χ1v) is 8.88. The van der Waals surface area contributed by atoms with E-state index in [0.29, 0.717) is 0 Å². The van der Waals surface area contributed by atoms with Gasteiger partial charge in [0.2, 0.25) is 0 Å². The summed E-state index contributed by atoms with van der Waals surface area (Å²) >= 11 is 1.60. The van der Waals surface area contributed by atoms with Crippen molar-refractivity contribution in [3.63, 3.8) is 0 Å². The van der Waals surface area contributed by atoms with Crippen molar-refractivity contribution in [1.82, 2.24) is 9.97 Å². The van der Waals surface area contributed by atoms with E-state index in [-0.39, 0.29) is 12.6 Å². The summed E-state index contributed by atoms with van der Waals surface area (Å²) < 4.78 is 1.11. The van der Waals surface area contributed by atoms with Gasteiger partial charge in [0, 0.05) is 12.4 Å². The van der Waals surface area contributed by atoms with Crippen molar-refractivity contribution in [2.45, 2.75) is 6.04 Å². The molecule has 0 spiro atoms. The van der Waals surface area contributed by atoms with Crippen LogP contribution < -0.4 is 5.32 Å². The van der Waals surface area contributed by atoms with Crippen LogP contribution in [0.25, 0.3) is 21.3 Å². The fraction of sp³-hybridized carbons (Fsp3) is 0.100. The predicted octanol–water partition coefficient (Wildman–Crippen LogP) is 4.50. The Hall–Kier alpha value is -2.76. The van der Waals surface area contributed by atoms with E-state index in [0.717, 1.165) is 32.0 Å². The van der Waals surface area contributed by atoms with Crippen LogP contribution in [-0.2, 0) is 0 Å². The number of hydrogen-bond acceptors (Lipinski definition) is 5. The number of benzene rings is 2. The first-order valence-electron chi connectivity index (χ1n) is 8.07. The number of nitrogens with one attached hydrogen (secondary N) is 1. The number of aliphatic hydroxyl groups excluding tert-OH is 1. The van der Waals surface area contributed by atoms with Gasteiger partial charge in [-0.25, -0.2) is 4.98 Å². The molecule has 0 aliphatic heterocycles. The van der Waals surface area contributed by atoms with E-state index in [1.54, 1.807) is 23.7 Å². The summed E-state index contributed by atoms with van der Waals surface area (Å²) in [4.78, 5) is 8.71. The van der Waals surface area contributed by atoms with Crippen LogP contribution in [0.5, 0.6) is 0 Å². The molecule has 2 heterocycles. The number of rotatable bonds is 5. The van der Waals surface area contributed by atoms with Crippen molar-refractivity contribution >= 4 is 26.7 Å². The van der Waals surface area contributed by atoms with Crippen LogP contribution in [0.4, 0.5) is 5.13 Å². The predicted molar refractivity (Wildman–Crippen MR) is 103 cm³/mol. The van der Waals surface area contributed by atoms with E-state index in [4.69, 9.17) is 0 Å². The highest BCUT2D eigenvalue weighted by atomic mass is 32.1. The Labute approximate surface area is 149 Å². The third-order valence-electron chi connectivity index (χ3n) is 4.08. The molecule has 0 amide bonds. The number of anilines is 1. The highest BCUT2D eigenvalue weighted by Gasteiger charge is 2.13. The molecule has 0 aliphatic rings. The van der Waals surface area contributed by atoms with E-state index in [1.807, 2.05) is 48.5 Å². The normalized spacial score (nSPS) is 12.2. The van der Waals surface area contributed by atoms with Crippen LogP contribution in [0.15, 0.2) is 73.1 Å². The zero-order valence-corrected chi connectivity index (χ0v) is 14.3. The second kappa shape index (κ2) is 7.01. The van der Waals surface area contributed by atoms with Crippen LogP contribution >= 0.6 is 11.3 Å². The minimum absolute atomic E-state index is 0.0161. The van der Waals surface area contributed by atoms with Crippen molar-refractivity contribution < 1.29 is 5.11 Å². The summed E-state index contributed by atoms with van der Waals surface area (Å²) in [5.41, 5.74) is 4.28. The third kappa shape index (κ3) is 3.38. The number of hydrogen-bond donors (Lipinski definition) is 2. The lowest BCUT2D eigenvalue weighted by atomic mass is 10.1. The molecule has 0 bridgehead atoms. The van der Waals surface area contributed by atoms with Gasteiger partial charge in [0.05, 0.1) is 22.9 Å². The molecule has 1 atom stereocenters. The topological polar surface area (TPSA) is 58.0 Å². The highest BCUT2D eigenvalue weighted by molar-refractivity contribution is 7.22. The van der Waals surface area contributed by atoms with Crippen LogP contribution in [0, 0.1) is 0 Å². The van der Waals surface area contributed by atoms with Crippen molar-refractivity contribution in [2.75, 3.05) is 11.9 Å². The molecule has 0 saturated carbocycles.